The zero-order chi connectivity index (χ0) is 16.8. The Morgan fingerprint density at radius 1 is 1.16 bits per heavy atom. The third kappa shape index (κ3) is 2.50. The van der Waals surface area contributed by atoms with Crippen LogP contribution in [0.3, 0.4) is 0 Å². The Morgan fingerprint density at radius 3 is 2.80 bits per heavy atom. The fourth-order valence-corrected chi connectivity index (χ4v) is 4.78. The minimum absolute atomic E-state index is 0.984. The molecule has 4 nitrogen and oxygen atoms in total. The van der Waals surface area contributed by atoms with E-state index in [1.807, 2.05) is 0 Å². The summed E-state index contributed by atoms with van der Waals surface area (Å²) in [6.45, 7) is 7.93. The van der Waals surface area contributed by atoms with Crippen LogP contribution >= 0.6 is 11.3 Å². The molecule has 0 spiro atoms. The van der Waals surface area contributed by atoms with Gasteiger partial charge in [0, 0.05) is 49.4 Å². The van der Waals surface area contributed by atoms with Gasteiger partial charge in [-0.1, -0.05) is 19.1 Å². The predicted molar refractivity (Wildman–Crippen MR) is 104 cm³/mol. The summed E-state index contributed by atoms with van der Waals surface area (Å²) >= 11 is 1.77. The van der Waals surface area contributed by atoms with Gasteiger partial charge in [-0.25, -0.2) is 0 Å². The molecule has 1 aliphatic carbocycles. The van der Waals surface area contributed by atoms with E-state index < -0.39 is 0 Å². The molecular weight excluding hydrogens is 328 g/mol. The molecule has 1 aliphatic heterocycles. The number of hydrogen-bond donors (Lipinski definition) is 1. The maximum absolute atomic E-state index is 4.66. The van der Waals surface area contributed by atoms with Crippen LogP contribution in [0.15, 0.2) is 35.7 Å². The zero-order valence-electron chi connectivity index (χ0n) is 14.5. The Morgan fingerprint density at radius 2 is 2.04 bits per heavy atom. The molecule has 0 atom stereocenters. The number of nitrogens with zero attached hydrogens (tertiary/aromatic N) is 3. The summed E-state index contributed by atoms with van der Waals surface area (Å²) in [6.07, 6.45) is 0.984. The lowest BCUT2D eigenvalue weighted by atomic mass is 10.1. The second-order valence-electron chi connectivity index (χ2n) is 6.84. The van der Waals surface area contributed by atoms with Gasteiger partial charge in [-0.2, -0.15) is 5.10 Å². The van der Waals surface area contributed by atoms with Gasteiger partial charge in [0.1, 0.15) is 0 Å². The zero-order valence-corrected chi connectivity index (χ0v) is 15.3. The lowest BCUT2D eigenvalue weighted by Crippen LogP contribution is -2.46. The van der Waals surface area contributed by atoms with Crippen molar-refractivity contribution in [1.82, 2.24) is 15.1 Å². The number of H-pyrrole nitrogens is 1. The van der Waals surface area contributed by atoms with E-state index in [0.29, 0.717) is 0 Å². The lowest BCUT2D eigenvalue weighted by molar-refractivity contribution is 0.271. The van der Waals surface area contributed by atoms with Crippen molar-refractivity contribution in [3.63, 3.8) is 0 Å². The standard InChI is InChI=1S/C20H22N4S/c1-2-23-7-9-24(10-8-23)15-6-5-14-12-17-19(16(14)13-15)21-22-20(17)18-4-3-11-25-18/h3-6,11,13H,2,7-10,12H2,1H3,(H,21,22). The number of aromatic nitrogens is 2. The van der Waals surface area contributed by atoms with E-state index in [4.69, 9.17) is 0 Å². The van der Waals surface area contributed by atoms with Crippen molar-refractivity contribution < 1.29 is 0 Å². The average Bonchev–Trinajstić information content (AvgIpc) is 3.37. The van der Waals surface area contributed by atoms with Gasteiger partial charge in [0.15, 0.2) is 0 Å². The molecule has 1 aromatic carbocycles. The summed E-state index contributed by atoms with van der Waals surface area (Å²) in [7, 11) is 0. The first-order valence-corrected chi connectivity index (χ1v) is 9.93. The monoisotopic (exact) mass is 350 g/mol. The summed E-state index contributed by atoms with van der Waals surface area (Å²) in [5.74, 6) is 0. The number of aromatic amines is 1. The maximum atomic E-state index is 4.66. The van der Waals surface area contributed by atoms with Gasteiger partial charge in [-0.3, -0.25) is 5.10 Å². The normalized spacial score (nSPS) is 16.9. The van der Waals surface area contributed by atoms with Crippen LogP contribution in [-0.4, -0.2) is 47.8 Å². The number of fused-ring (bicyclic) bond motifs is 3. The predicted octanol–water partition coefficient (Wildman–Crippen LogP) is 3.85. The molecule has 3 heterocycles. The Hall–Kier alpha value is -2.11. The van der Waals surface area contributed by atoms with Crippen molar-refractivity contribution in [2.45, 2.75) is 13.3 Å². The number of hydrogen-bond acceptors (Lipinski definition) is 4. The smallest absolute Gasteiger partial charge is 0.0966 e. The Labute approximate surface area is 152 Å². The van der Waals surface area contributed by atoms with Crippen molar-refractivity contribution in [2.24, 2.45) is 0 Å². The second kappa shape index (κ2) is 6.00. The minimum Gasteiger partial charge on any atom is -0.369 e. The first-order valence-electron chi connectivity index (χ1n) is 9.05. The van der Waals surface area contributed by atoms with Gasteiger partial charge >= 0.3 is 0 Å². The van der Waals surface area contributed by atoms with Crippen LogP contribution in [0.1, 0.15) is 18.1 Å². The largest absolute Gasteiger partial charge is 0.369 e. The number of rotatable bonds is 3. The highest BCUT2D eigenvalue weighted by atomic mass is 32.1. The number of benzene rings is 1. The summed E-state index contributed by atoms with van der Waals surface area (Å²) in [5, 5.41) is 10.1. The van der Waals surface area contributed by atoms with E-state index >= 15 is 0 Å². The molecule has 1 N–H and O–H groups in total. The molecule has 3 aromatic rings. The van der Waals surface area contributed by atoms with Crippen molar-refractivity contribution in [1.29, 1.82) is 0 Å². The molecule has 5 rings (SSSR count). The SMILES string of the molecule is CCN1CCN(c2ccc3c(c2)-c2n[nH]c(-c4cccs4)c2C3)CC1. The Bertz CT molecular complexity index is 889. The summed E-state index contributed by atoms with van der Waals surface area (Å²) in [6, 6.07) is 11.2. The van der Waals surface area contributed by atoms with Gasteiger partial charge in [0.2, 0.25) is 0 Å². The minimum atomic E-state index is 0.984. The van der Waals surface area contributed by atoms with Crippen LogP contribution in [0.4, 0.5) is 5.69 Å². The maximum Gasteiger partial charge on any atom is 0.0966 e. The van der Waals surface area contributed by atoms with E-state index in [1.54, 1.807) is 11.3 Å². The second-order valence-corrected chi connectivity index (χ2v) is 7.79. The molecule has 5 heteroatoms. The van der Waals surface area contributed by atoms with Crippen molar-refractivity contribution in [3.05, 3.63) is 46.8 Å². The quantitative estimate of drug-likeness (QED) is 0.609. The summed E-state index contributed by atoms with van der Waals surface area (Å²) in [5.41, 5.74) is 7.74. The molecule has 2 aromatic heterocycles. The molecule has 128 valence electrons. The molecule has 0 bridgehead atoms. The van der Waals surface area contributed by atoms with Crippen molar-refractivity contribution >= 4 is 17.0 Å². The highest BCUT2D eigenvalue weighted by Gasteiger charge is 2.27. The Kier molecular flexibility index (Phi) is 3.64. The van der Waals surface area contributed by atoms with E-state index in [0.717, 1.165) is 44.8 Å². The molecule has 1 saturated heterocycles. The molecule has 0 radical (unpaired) electrons. The fourth-order valence-electron chi connectivity index (χ4n) is 4.03. The van der Waals surface area contributed by atoms with Crippen LogP contribution in [0.25, 0.3) is 21.8 Å². The van der Waals surface area contributed by atoms with Crippen molar-refractivity contribution in [3.8, 4) is 21.8 Å². The molecule has 25 heavy (non-hydrogen) atoms. The van der Waals surface area contributed by atoms with Crippen molar-refractivity contribution in [2.75, 3.05) is 37.6 Å². The van der Waals surface area contributed by atoms with Gasteiger partial charge in [-0.15, -0.1) is 11.3 Å². The number of likely N-dealkylation sites (N-methyl/N-ethyl adjacent to an activating group) is 1. The van der Waals surface area contributed by atoms with Gasteiger partial charge in [0.05, 0.1) is 16.3 Å². The highest BCUT2D eigenvalue weighted by molar-refractivity contribution is 7.13. The van der Waals surface area contributed by atoms with Crippen LogP contribution in [0, 0.1) is 0 Å². The van der Waals surface area contributed by atoms with Crippen LogP contribution in [-0.2, 0) is 6.42 Å². The topological polar surface area (TPSA) is 35.2 Å². The fraction of sp³-hybridized carbons (Fsp3) is 0.350. The third-order valence-electron chi connectivity index (χ3n) is 5.54. The summed E-state index contributed by atoms with van der Waals surface area (Å²) < 4.78 is 0. The number of thiophene rings is 1. The number of piperazine rings is 1. The molecule has 0 saturated carbocycles. The number of anilines is 1. The van der Waals surface area contributed by atoms with E-state index in [1.165, 1.54) is 32.9 Å². The third-order valence-corrected chi connectivity index (χ3v) is 6.42. The average molecular weight is 350 g/mol. The van der Waals surface area contributed by atoms with E-state index in [-0.39, 0.29) is 0 Å². The molecule has 0 unspecified atom stereocenters. The van der Waals surface area contributed by atoms with Gasteiger partial charge in [-0.05, 0) is 35.7 Å². The molecule has 1 fully saturated rings. The van der Waals surface area contributed by atoms with E-state index in [9.17, 15) is 0 Å². The van der Waals surface area contributed by atoms with Gasteiger partial charge < -0.3 is 9.80 Å². The molecule has 2 aliphatic rings. The summed E-state index contributed by atoms with van der Waals surface area (Å²) in [4.78, 5) is 6.30. The van der Waals surface area contributed by atoms with E-state index in [2.05, 4.69) is 62.6 Å². The molecule has 0 amide bonds. The molecular formula is C20H22N4S. The van der Waals surface area contributed by atoms with Crippen LogP contribution < -0.4 is 4.90 Å². The highest BCUT2D eigenvalue weighted by Crippen LogP contribution is 2.42. The number of nitrogens with one attached hydrogen (secondary N) is 1. The first kappa shape index (κ1) is 15.2. The van der Waals surface area contributed by atoms with Gasteiger partial charge in [0.25, 0.3) is 0 Å². The first-order chi connectivity index (χ1) is 12.3. The lowest BCUT2D eigenvalue weighted by Gasteiger charge is -2.35. The Balaban J connectivity index is 1.46. The van der Waals surface area contributed by atoms with Crippen LogP contribution in [0.2, 0.25) is 0 Å². The van der Waals surface area contributed by atoms with Crippen LogP contribution in [0.5, 0.6) is 0 Å².